The maximum absolute atomic E-state index is 2.39. The van der Waals surface area contributed by atoms with Crippen LogP contribution >= 0.6 is 0 Å². The number of hydrogen-bond donors (Lipinski definition) is 0. The highest BCUT2D eigenvalue weighted by Gasteiger charge is 2.19. The van der Waals surface area contributed by atoms with E-state index in [-0.39, 0.29) is 0 Å². The van der Waals surface area contributed by atoms with E-state index in [1.54, 1.807) is 0 Å². The molecule has 4 nitrogen and oxygen atoms in total. The Morgan fingerprint density at radius 1 is 0.110 bits per heavy atom. The van der Waals surface area contributed by atoms with E-state index in [1.807, 2.05) is 0 Å². The van der Waals surface area contributed by atoms with E-state index in [1.165, 1.54) is 165 Å². The zero-order valence-electron chi connectivity index (χ0n) is 54.7. The average Bonchev–Trinajstić information content (AvgIpc) is 1.62. The standard InChI is InChI=1S/2C48H32N2/c1-2-11-33(12-3-1)36-13-10-14-37(31-36)34-21-26-40(27-22-34)50-47-20-9-6-17-43(47)44-32-38(25-30-48(44)50)35-23-28-39(29-24-35)49-45-18-7-4-15-41(45)42-16-5-8-19-46(42)49;1-2-10-33(11-3-1)34-18-20-35(21-19-34)36-22-27-40(28-23-36)50-47-17-9-6-14-43(47)44-32-38(26-31-48(44)50)37-24-29-39(30-25-37)49-45-15-7-4-12-41(45)42-13-5-8-16-46(42)49/h2*1-32H. The van der Waals surface area contributed by atoms with E-state index in [0.717, 1.165) is 11.4 Å². The first-order valence-corrected chi connectivity index (χ1v) is 34.4. The van der Waals surface area contributed by atoms with Crippen LogP contribution in [0.4, 0.5) is 0 Å². The largest absolute Gasteiger partial charge is 0.309 e. The van der Waals surface area contributed by atoms with Crippen molar-refractivity contribution in [3.63, 3.8) is 0 Å². The number of nitrogens with zero attached hydrogens (tertiary/aromatic N) is 4. The summed E-state index contributed by atoms with van der Waals surface area (Å²) in [6.45, 7) is 0. The van der Waals surface area contributed by atoms with Crippen LogP contribution in [0.3, 0.4) is 0 Å². The van der Waals surface area contributed by atoms with Gasteiger partial charge in [-0.3, -0.25) is 0 Å². The van der Waals surface area contributed by atoms with Gasteiger partial charge in [-0.25, -0.2) is 0 Å². The number of para-hydroxylation sites is 6. The minimum atomic E-state index is 1.16. The van der Waals surface area contributed by atoms with Crippen LogP contribution in [0.25, 0.3) is 177 Å². The van der Waals surface area contributed by atoms with Crippen LogP contribution in [0.5, 0.6) is 0 Å². The van der Waals surface area contributed by atoms with Crippen LogP contribution in [0.2, 0.25) is 0 Å². The van der Waals surface area contributed by atoms with Gasteiger partial charge in [0, 0.05) is 65.8 Å². The fourth-order valence-electron chi connectivity index (χ4n) is 15.5. The second kappa shape index (κ2) is 24.4. The predicted octanol–water partition coefficient (Wildman–Crippen LogP) is 25.8. The molecule has 0 unspecified atom stereocenters. The molecule has 0 radical (unpaired) electrons. The summed E-state index contributed by atoms with van der Waals surface area (Å²) in [5, 5.41) is 10.1. The van der Waals surface area contributed by atoms with Crippen molar-refractivity contribution in [2.75, 3.05) is 0 Å². The number of benzene rings is 16. The molecule has 0 saturated carbocycles. The summed E-state index contributed by atoms with van der Waals surface area (Å²) in [7, 11) is 0. The molecular formula is C96H64N4. The molecule has 0 saturated heterocycles. The number of aromatic nitrogens is 4. The first-order valence-electron chi connectivity index (χ1n) is 34.4. The highest BCUT2D eigenvalue weighted by Crippen LogP contribution is 2.41. The van der Waals surface area contributed by atoms with Crippen LogP contribution in [-0.4, -0.2) is 18.3 Å². The highest BCUT2D eigenvalue weighted by molar-refractivity contribution is 6.13. The SMILES string of the molecule is c1ccc(-c2ccc(-c3ccc(-n4c5ccccc5c5cc(-c6ccc(-n7c8ccccc8c8ccccc87)cc6)ccc54)cc3)cc2)cc1.c1ccc(-c2cccc(-c3ccc(-n4c5ccccc5c5cc(-c6ccc(-n7c8ccccc8c8ccccc87)cc6)ccc54)cc3)c2)cc1. The molecule has 0 aliphatic carbocycles. The monoisotopic (exact) mass is 1270 g/mol. The Morgan fingerprint density at radius 2 is 0.290 bits per heavy atom. The van der Waals surface area contributed by atoms with Crippen molar-refractivity contribution >= 4 is 87.2 Å². The molecule has 0 bridgehead atoms. The average molecular weight is 1270 g/mol. The third-order valence-electron chi connectivity index (χ3n) is 20.3. The van der Waals surface area contributed by atoms with Crippen molar-refractivity contribution in [2.24, 2.45) is 0 Å². The minimum absolute atomic E-state index is 1.16. The molecule has 20 aromatic rings. The lowest BCUT2D eigenvalue weighted by atomic mass is 9.99. The number of hydrogen-bond acceptors (Lipinski definition) is 0. The summed E-state index contributed by atoms with van der Waals surface area (Å²) in [6.07, 6.45) is 0. The van der Waals surface area contributed by atoms with Crippen molar-refractivity contribution in [3.8, 4) is 89.5 Å². The normalized spacial score (nSPS) is 11.6. The van der Waals surface area contributed by atoms with Crippen LogP contribution < -0.4 is 0 Å². The van der Waals surface area contributed by atoms with Crippen LogP contribution in [0, 0.1) is 0 Å². The van der Waals surface area contributed by atoms with Gasteiger partial charge < -0.3 is 18.3 Å². The fraction of sp³-hybridized carbons (Fsp3) is 0. The van der Waals surface area contributed by atoms with Gasteiger partial charge in [0.05, 0.1) is 44.1 Å². The molecule has 16 aromatic carbocycles. The van der Waals surface area contributed by atoms with Gasteiger partial charge in [-0.15, -0.1) is 0 Å². The maximum atomic E-state index is 2.39. The van der Waals surface area contributed by atoms with E-state index in [9.17, 15) is 0 Å². The van der Waals surface area contributed by atoms with Gasteiger partial charge in [-0.1, -0.05) is 273 Å². The highest BCUT2D eigenvalue weighted by atomic mass is 15.0. The zero-order valence-corrected chi connectivity index (χ0v) is 54.7. The lowest BCUT2D eigenvalue weighted by Crippen LogP contribution is -1.94. The Labute approximate surface area is 579 Å². The Balaban J connectivity index is 0.000000139. The van der Waals surface area contributed by atoms with Gasteiger partial charge in [-0.05, 0) is 182 Å². The lowest BCUT2D eigenvalue weighted by Gasteiger charge is -2.11. The summed E-state index contributed by atoms with van der Waals surface area (Å²) in [6, 6.07) is 141. The first kappa shape index (κ1) is 58.1. The summed E-state index contributed by atoms with van der Waals surface area (Å²) in [5.41, 5.74) is 29.0. The quantitative estimate of drug-likeness (QED) is 0.130. The fourth-order valence-corrected chi connectivity index (χ4v) is 15.5. The summed E-state index contributed by atoms with van der Waals surface area (Å²) < 4.78 is 9.53. The van der Waals surface area contributed by atoms with Crippen LogP contribution in [0.15, 0.2) is 388 Å². The summed E-state index contributed by atoms with van der Waals surface area (Å²) >= 11 is 0. The van der Waals surface area contributed by atoms with Crippen molar-refractivity contribution in [1.82, 2.24) is 18.3 Å². The second-order valence-corrected chi connectivity index (χ2v) is 26.0. The Bertz CT molecular complexity index is 6340. The van der Waals surface area contributed by atoms with E-state index in [2.05, 4.69) is 407 Å². The van der Waals surface area contributed by atoms with E-state index < -0.39 is 0 Å². The van der Waals surface area contributed by atoms with E-state index >= 15 is 0 Å². The summed E-state index contributed by atoms with van der Waals surface area (Å²) in [5.74, 6) is 0. The molecule has 100 heavy (non-hydrogen) atoms. The van der Waals surface area contributed by atoms with Crippen molar-refractivity contribution < 1.29 is 0 Å². The smallest absolute Gasteiger partial charge is 0.0541 e. The number of rotatable bonds is 10. The molecule has 4 heterocycles. The zero-order chi connectivity index (χ0) is 66.0. The Hall–Kier alpha value is -13.3. The predicted molar refractivity (Wildman–Crippen MR) is 423 cm³/mol. The Kier molecular flexibility index (Phi) is 14.2. The van der Waals surface area contributed by atoms with E-state index in [0.29, 0.717) is 0 Å². The molecule has 20 rings (SSSR count). The summed E-state index contributed by atoms with van der Waals surface area (Å²) in [4.78, 5) is 0. The van der Waals surface area contributed by atoms with Crippen molar-refractivity contribution in [1.29, 1.82) is 0 Å². The molecule has 0 aliphatic rings. The lowest BCUT2D eigenvalue weighted by molar-refractivity contribution is 1.18. The van der Waals surface area contributed by atoms with Gasteiger partial charge in [-0.2, -0.15) is 0 Å². The molecule has 4 heteroatoms. The molecule has 0 N–H and O–H groups in total. The Morgan fingerprint density at radius 3 is 0.580 bits per heavy atom. The minimum Gasteiger partial charge on any atom is -0.309 e. The van der Waals surface area contributed by atoms with Gasteiger partial charge in [0.25, 0.3) is 0 Å². The molecule has 468 valence electrons. The maximum Gasteiger partial charge on any atom is 0.0541 e. The molecule has 0 amide bonds. The third kappa shape index (κ3) is 10.1. The topological polar surface area (TPSA) is 19.7 Å². The number of fused-ring (bicyclic) bond motifs is 12. The van der Waals surface area contributed by atoms with Crippen LogP contribution in [0.1, 0.15) is 0 Å². The van der Waals surface area contributed by atoms with Crippen molar-refractivity contribution in [3.05, 3.63) is 388 Å². The molecule has 4 aromatic heterocycles. The van der Waals surface area contributed by atoms with Crippen LogP contribution in [-0.2, 0) is 0 Å². The third-order valence-corrected chi connectivity index (χ3v) is 20.3. The van der Waals surface area contributed by atoms with Gasteiger partial charge >= 0.3 is 0 Å². The molecule has 0 aliphatic heterocycles. The first-order chi connectivity index (χ1) is 49.6. The molecular weight excluding hydrogens is 1210 g/mol. The van der Waals surface area contributed by atoms with Gasteiger partial charge in [0.1, 0.15) is 0 Å². The molecule has 0 fully saturated rings. The van der Waals surface area contributed by atoms with Gasteiger partial charge in [0.2, 0.25) is 0 Å². The van der Waals surface area contributed by atoms with Gasteiger partial charge in [0.15, 0.2) is 0 Å². The molecule has 0 spiro atoms. The molecule has 0 atom stereocenters. The second-order valence-electron chi connectivity index (χ2n) is 26.0. The van der Waals surface area contributed by atoms with E-state index in [4.69, 9.17) is 0 Å². The van der Waals surface area contributed by atoms with Crippen molar-refractivity contribution in [2.45, 2.75) is 0 Å².